The third-order valence-electron chi connectivity index (χ3n) is 4.59. The smallest absolute Gasteiger partial charge is 0.252 e. The molecule has 7 nitrogen and oxygen atoms in total. The predicted molar refractivity (Wildman–Crippen MR) is 100 cm³/mol. The lowest BCUT2D eigenvalue weighted by Crippen LogP contribution is -2.34. The van der Waals surface area contributed by atoms with Gasteiger partial charge in [-0.3, -0.25) is 9.63 Å². The van der Waals surface area contributed by atoms with Crippen LogP contribution < -0.4 is 19.9 Å². The summed E-state index contributed by atoms with van der Waals surface area (Å²) in [5.74, 6) is 2.10. The second kappa shape index (κ2) is 8.26. The molecule has 0 radical (unpaired) electrons. The number of anilines is 1. The number of carbonyl (C=O) groups is 1. The van der Waals surface area contributed by atoms with Crippen molar-refractivity contribution in [2.45, 2.75) is 25.4 Å². The number of hydroxylamine groups is 1. The van der Waals surface area contributed by atoms with E-state index in [-0.39, 0.29) is 12.0 Å². The summed E-state index contributed by atoms with van der Waals surface area (Å²) in [6.07, 6.45) is 4.34. The Morgan fingerprint density at radius 3 is 2.85 bits per heavy atom. The predicted octanol–water partition coefficient (Wildman–Crippen LogP) is 2.57. The molecule has 1 saturated heterocycles. The third-order valence-corrected chi connectivity index (χ3v) is 4.59. The van der Waals surface area contributed by atoms with Crippen molar-refractivity contribution in [1.82, 2.24) is 10.3 Å². The molecule has 7 heteroatoms. The molecule has 2 aliphatic heterocycles. The molecule has 27 heavy (non-hydrogen) atoms. The molecule has 4 rings (SSSR count). The fraction of sp³-hybridized carbons (Fsp3) is 0.400. The first-order valence-electron chi connectivity index (χ1n) is 9.33. The molecule has 2 aromatic rings. The number of para-hydroxylation sites is 2. The fourth-order valence-electron chi connectivity index (χ4n) is 3.10. The number of ether oxygens (including phenoxy) is 2. The zero-order valence-corrected chi connectivity index (χ0v) is 15.1. The number of nitrogens with zero attached hydrogens (tertiary/aromatic N) is 2. The number of amides is 1. The average Bonchev–Trinajstić information content (AvgIpc) is 2.74. The van der Waals surface area contributed by atoms with Gasteiger partial charge in [0.15, 0.2) is 17.3 Å². The van der Waals surface area contributed by atoms with Gasteiger partial charge in [0, 0.05) is 25.7 Å². The van der Waals surface area contributed by atoms with Gasteiger partial charge in [-0.1, -0.05) is 12.1 Å². The molecule has 0 unspecified atom stereocenters. The molecule has 1 atom stereocenters. The fourth-order valence-corrected chi connectivity index (χ4v) is 3.10. The van der Waals surface area contributed by atoms with E-state index in [0.29, 0.717) is 31.7 Å². The van der Waals surface area contributed by atoms with Crippen LogP contribution in [0.1, 0.15) is 29.6 Å². The summed E-state index contributed by atoms with van der Waals surface area (Å²) in [4.78, 5) is 22.2. The molecule has 1 fully saturated rings. The van der Waals surface area contributed by atoms with Crippen LogP contribution in [-0.4, -0.2) is 43.3 Å². The van der Waals surface area contributed by atoms with E-state index in [0.717, 1.165) is 36.7 Å². The molecular weight excluding hydrogens is 346 g/mol. The van der Waals surface area contributed by atoms with Crippen molar-refractivity contribution in [3.63, 3.8) is 0 Å². The van der Waals surface area contributed by atoms with E-state index in [1.54, 1.807) is 17.3 Å². The second-order valence-electron chi connectivity index (χ2n) is 6.59. The van der Waals surface area contributed by atoms with Crippen LogP contribution in [-0.2, 0) is 4.84 Å². The molecule has 3 heterocycles. The molecule has 1 aromatic heterocycles. The molecule has 1 N–H and O–H groups in total. The maximum absolute atomic E-state index is 12.3. The number of pyridine rings is 1. The van der Waals surface area contributed by atoms with E-state index in [1.807, 2.05) is 30.3 Å². The Kier molecular flexibility index (Phi) is 5.39. The summed E-state index contributed by atoms with van der Waals surface area (Å²) in [6, 6.07) is 11.2. The number of aromatic nitrogens is 1. The van der Waals surface area contributed by atoms with Crippen LogP contribution in [0.25, 0.3) is 0 Å². The highest BCUT2D eigenvalue weighted by Gasteiger charge is 2.20. The van der Waals surface area contributed by atoms with E-state index in [9.17, 15) is 4.79 Å². The average molecular weight is 369 g/mol. The number of hydrogen-bond donors (Lipinski definition) is 1. The van der Waals surface area contributed by atoms with Gasteiger partial charge in [0.25, 0.3) is 5.91 Å². The first-order valence-corrected chi connectivity index (χ1v) is 9.33. The second-order valence-corrected chi connectivity index (χ2v) is 6.59. The highest BCUT2D eigenvalue weighted by molar-refractivity contribution is 5.94. The molecule has 1 amide bonds. The van der Waals surface area contributed by atoms with E-state index in [2.05, 4.69) is 10.3 Å². The van der Waals surface area contributed by atoms with E-state index in [4.69, 9.17) is 14.3 Å². The van der Waals surface area contributed by atoms with Crippen LogP contribution in [0.3, 0.4) is 0 Å². The van der Waals surface area contributed by atoms with Gasteiger partial charge in [-0.25, -0.2) is 10.0 Å². The van der Waals surface area contributed by atoms with Crippen molar-refractivity contribution in [2.75, 3.05) is 31.4 Å². The van der Waals surface area contributed by atoms with Crippen LogP contribution in [0.15, 0.2) is 42.6 Å². The summed E-state index contributed by atoms with van der Waals surface area (Å²) in [5, 5.41) is 4.69. The van der Waals surface area contributed by atoms with Gasteiger partial charge in [0.2, 0.25) is 0 Å². The first-order chi connectivity index (χ1) is 13.3. The quantitative estimate of drug-likeness (QED) is 0.873. The standard InChI is InChI=1S/C20H23N3O4/c24-20(15-7-8-19(22-13-15)23-11-3-4-12-26-23)21-10-9-16-14-25-17-5-1-2-6-18(17)27-16/h1-2,5-8,13,16H,3-4,9-12,14H2,(H,21,24)/t16-/m0/s1. The van der Waals surface area contributed by atoms with Crippen molar-refractivity contribution >= 4 is 11.7 Å². The molecule has 1 aromatic carbocycles. The zero-order chi connectivity index (χ0) is 18.5. The van der Waals surface area contributed by atoms with E-state index >= 15 is 0 Å². The Balaban J connectivity index is 1.25. The van der Waals surface area contributed by atoms with E-state index in [1.165, 1.54) is 0 Å². The van der Waals surface area contributed by atoms with Crippen molar-refractivity contribution < 1.29 is 19.1 Å². The van der Waals surface area contributed by atoms with Crippen LogP contribution in [0.5, 0.6) is 11.5 Å². The Labute approximate surface area is 158 Å². The SMILES string of the molecule is O=C(NCC[C@H]1COc2ccccc2O1)c1ccc(N2CCCCO2)nc1. The number of carbonyl (C=O) groups excluding carboxylic acids is 1. The minimum Gasteiger partial charge on any atom is -0.486 e. The minimum absolute atomic E-state index is 0.0723. The summed E-state index contributed by atoms with van der Waals surface area (Å²) in [7, 11) is 0. The van der Waals surface area contributed by atoms with Gasteiger partial charge in [-0.15, -0.1) is 0 Å². The number of fused-ring (bicyclic) bond motifs is 1. The topological polar surface area (TPSA) is 72.9 Å². The monoisotopic (exact) mass is 369 g/mol. The Hall–Kier alpha value is -2.80. The summed E-state index contributed by atoms with van der Waals surface area (Å²) in [5.41, 5.74) is 0.530. The van der Waals surface area contributed by atoms with E-state index < -0.39 is 0 Å². The lowest BCUT2D eigenvalue weighted by atomic mass is 10.2. The normalized spacial score (nSPS) is 18.8. The summed E-state index contributed by atoms with van der Waals surface area (Å²) < 4.78 is 11.6. The summed E-state index contributed by atoms with van der Waals surface area (Å²) in [6.45, 7) is 2.53. The van der Waals surface area contributed by atoms with Gasteiger partial charge in [-0.2, -0.15) is 0 Å². The number of rotatable bonds is 5. The van der Waals surface area contributed by atoms with Gasteiger partial charge >= 0.3 is 0 Å². The van der Waals surface area contributed by atoms with Crippen molar-refractivity contribution in [3.05, 3.63) is 48.2 Å². The number of nitrogens with one attached hydrogen (secondary N) is 1. The maximum Gasteiger partial charge on any atom is 0.252 e. The minimum atomic E-state index is -0.147. The third kappa shape index (κ3) is 4.31. The van der Waals surface area contributed by atoms with Gasteiger partial charge in [0.05, 0.1) is 12.2 Å². The highest BCUT2D eigenvalue weighted by Crippen LogP contribution is 2.31. The Bertz CT molecular complexity index is 775. The van der Waals surface area contributed by atoms with Gasteiger partial charge in [0.1, 0.15) is 12.7 Å². The molecule has 2 aliphatic rings. The van der Waals surface area contributed by atoms with Gasteiger partial charge in [-0.05, 0) is 37.1 Å². The number of hydrogen-bond acceptors (Lipinski definition) is 6. The van der Waals surface area contributed by atoms with Crippen molar-refractivity contribution in [2.24, 2.45) is 0 Å². The molecule has 0 bridgehead atoms. The zero-order valence-electron chi connectivity index (χ0n) is 15.1. The Morgan fingerprint density at radius 1 is 1.19 bits per heavy atom. The first kappa shape index (κ1) is 17.6. The Morgan fingerprint density at radius 2 is 2.07 bits per heavy atom. The van der Waals surface area contributed by atoms with Crippen LogP contribution in [0.2, 0.25) is 0 Å². The molecule has 142 valence electrons. The lowest BCUT2D eigenvalue weighted by molar-refractivity contribution is 0.0760. The lowest BCUT2D eigenvalue weighted by Gasteiger charge is -2.27. The molecule has 0 spiro atoms. The molecule has 0 saturated carbocycles. The maximum atomic E-state index is 12.3. The highest BCUT2D eigenvalue weighted by atomic mass is 16.7. The summed E-state index contributed by atoms with van der Waals surface area (Å²) >= 11 is 0. The van der Waals surface area contributed by atoms with Crippen LogP contribution in [0.4, 0.5) is 5.82 Å². The van der Waals surface area contributed by atoms with Crippen LogP contribution >= 0.6 is 0 Å². The van der Waals surface area contributed by atoms with Crippen LogP contribution in [0, 0.1) is 0 Å². The molecule has 0 aliphatic carbocycles. The number of benzene rings is 1. The largest absolute Gasteiger partial charge is 0.486 e. The van der Waals surface area contributed by atoms with Crippen molar-refractivity contribution in [3.8, 4) is 11.5 Å². The van der Waals surface area contributed by atoms with Gasteiger partial charge < -0.3 is 14.8 Å². The molecular formula is C20H23N3O4. The van der Waals surface area contributed by atoms with Crippen molar-refractivity contribution in [1.29, 1.82) is 0 Å².